The molecule has 0 unspecified atom stereocenters. The molecule has 0 radical (unpaired) electrons. The van der Waals surface area contributed by atoms with Crippen molar-refractivity contribution < 1.29 is 0 Å². The Morgan fingerprint density at radius 1 is 1.47 bits per heavy atom. The average Bonchev–Trinajstić information content (AvgIpc) is 2.79. The average molecular weight is 236 g/mol. The van der Waals surface area contributed by atoms with Crippen molar-refractivity contribution in [3.05, 3.63) is 40.8 Å². The number of hydrogen-bond acceptors (Lipinski definition) is 4. The van der Waals surface area contributed by atoms with Gasteiger partial charge in [0.25, 0.3) is 0 Å². The van der Waals surface area contributed by atoms with Gasteiger partial charge in [0, 0.05) is 22.2 Å². The van der Waals surface area contributed by atoms with Crippen molar-refractivity contribution in [1.29, 1.82) is 0 Å². The Kier molecular flexibility index (Phi) is 3.64. The minimum absolute atomic E-state index is 0.801. The molecule has 0 spiro atoms. The van der Waals surface area contributed by atoms with Gasteiger partial charge in [-0.15, -0.1) is 23.1 Å². The zero-order valence-electron chi connectivity index (χ0n) is 8.43. The van der Waals surface area contributed by atoms with Gasteiger partial charge in [0.15, 0.2) is 0 Å². The molecule has 0 atom stereocenters. The van der Waals surface area contributed by atoms with Crippen LogP contribution in [0.3, 0.4) is 0 Å². The van der Waals surface area contributed by atoms with E-state index in [1.54, 1.807) is 23.1 Å². The minimum Gasteiger partial charge on any atom is -0.378 e. The molecule has 1 aromatic carbocycles. The number of benzene rings is 1. The van der Waals surface area contributed by atoms with Crippen molar-refractivity contribution in [3.63, 3.8) is 0 Å². The first kappa shape index (κ1) is 10.5. The number of nitrogens with zero attached hydrogens (tertiary/aromatic N) is 1. The highest BCUT2D eigenvalue weighted by Gasteiger charge is 1.96. The van der Waals surface area contributed by atoms with Gasteiger partial charge in [-0.1, -0.05) is 6.07 Å². The van der Waals surface area contributed by atoms with E-state index in [1.807, 2.05) is 11.6 Å². The lowest BCUT2D eigenvalue weighted by molar-refractivity contribution is 1.10. The maximum absolute atomic E-state index is 4.22. The molecule has 1 aromatic heterocycles. The van der Waals surface area contributed by atoms with Crippen molar-refractivity contribution >= 4 is 28.8 Å². The normalized spacial score (nSPS) is 10.2. The van der Waals surface area contributed by atoms with Crippen molar-refractivity contribution in [2.45, 2.75) is 11.4 Å². The van der Waals surface area contributed by atoms with Gasteiger partial charge in [0.05, 0.1) is 6.54 Å². The lowest BCUT2D eigenvalue weighted by Gasteiger charge is -2.05. The lowest BCUT2D eigenvalue weighted by Crippen LogP contribution is -1.98. The molecular weight excluding hydrogens is 224 g/mol. The van der Waals surface area contributed by atoms with Gasteiger partial charge in [-0.05, 0) is 24.5 Å². The molecule has 1 heterocycles. The summed E-state index contributed by atoms with van der Waals surface area (Å²) < 4.78 is 0. The second-order valence-electron chi connectivity index (χ2n) is 3.01. The van der Waals surface area contributed by atoms with Crippen molar-refractivity contribution in [2.75, 3.05) is 11.6 Å². The van der Waals surface area contributed by atoms with Crippen LogP contribution in [0.25, 0.3) is 0 Å². The van der Waals surface area contributed by atoms with Crippen molar-refractivity contribution in [1.82, 2.24) is 4.98 Å². The SMILES string of the molecule is CSc1cccc(NCc2nccs2)c1. The van der Waals surface area contributed by atoms with E-state index < -0.39 is 0 Å². The third-order valence-electron chi connectivity index (χ3n) is 2.00. The van der Waals surface area contributed by atoms with Crippen LogP contribution in [0.1, 0.15) is 5.01 Å². The summed E-state index contributed by atoms with van der Waals surface area (Å²) in [6.45, 7) is 0.801. The highest BCUT2D eigenvalue weighted by molar-refractivity contribution is 7.98. The molecule has 15 heavy (non-hydrogen) atoms. The van der Waals surface area contributed by atoms with E-state index >= 15 is 0 Å². The molecule has 0 saturated heterocycles. The van der Waals surface area contributed by atoms with E-state index in [4.69, 9.17) is 0 Å². The van der Waals surface area contributed by atoms with E-state index in [0.29, 0.717) is 0 Å². The number of anilines is 1. The Balaban J connectivity index is 1.98. The maximum atomic E-state index is 4.22. The van der Waals surface area contributed by atoms with E-state index in [1.165, 1.54) is 4.90 Å². The van der Waals surface area contributed by atoms with Crippen LogP contribution in [0.2, 0.25) is 0 Å². The summed E-state index contributed by atoms with van der Waals surface area (Å²) in [6, 6.07) is 8.40. The third-order valence-corrected chi connectivity index (χ3v) is 3.50. The Bertz CT molecular complexity index is 412. The van der Waals surface area contributed by atoms with Gasteiger partial charge in [-0.25, -0.2) is 4.98 Å². The largest absolute Gasteiger partial charge is 0.378 e. The monoisotopic (exact) mass is 236 g/mol. The number of thiazole rings is 1. The highest BCUT2D eigenvalue weighted by atomic mass is 32.2. The molecule has 0 amide bonds. The molecule has 0 aliphatic rings. The molecule has 0 saturated carbocycles. The van der Waals surface area contributed by atoms with Crippen LogP contribution in [0, 0.1) is 0 Å². The van der Waals surface area contributed by atoms with Crippen molar-refractivity contribution in [2.24, 2.45) is 0 Å². The Hall–Kier alpha value is -1.00. The second kappa shape index (κ2) is 5.19. The van der Waals surface area contributed by atoms with Crippen LogP contribution in [-0.4, -0.2) is 11.2 Å². The fraction of sp³-hybridized carbons (Fsp3) is 0.182. The predicted octanol–water partition coefficient (Wildman–Crippen LogP) is 3.48. The van der Waals surface area contributed by atoms with Gasteiger partial charge < -0.3 is 5.32 Å². The van der Waals surface area contributed by atoms with E-state index in [-0.39, 0.29) is 0 Å². The molecule has 0 aliphatic heterocycles. The smallest absolute Gasteiger partial charge is 0.112 e. The number of hydrogen-bond donors (Lipinski definition) is 1. The zero-order chi connectivity index (χ0) is 10.5. The second-order valence-corrected chi connectivity index (χ2v) is 4.87. The molecule has 4 heteroatoms. The van der Waals surface area contributed by atoms with Gasteiger partial charge in [0.1, 0.15) is 5.01 Å². The van der Waals surface area contributed by atoms with Gasteiger partial charge >= 0.3 is 0 Å². The summed E-state index contributed by atoms with van der Waals surface area (Å²) in [4.78, 5) is 5.50. The number of thioether (sulfide) groups is 1. The highest BCUT2D eigenvalue weighted by Crippen LogP contribution is 2.19. The van der Waals surface area contributed by atoms with Gasteiger partial charge in [0.2, 0.25) is 0 Å². The summed E-state index contributed by atoms with van der Waals surface area (Å²) >= 11 is 3.43. The van der Waals surface area contributed by atoms with E-state index in [2.05, 4.69) is 40.8 Å². The zero-order valence-corrected chi connectivity index (χ0v) is 10.1. The van der Waals surface area contributed by atoms with Crippen LogP contribution >= 0.6 is 23.1 Å². The standard InChI is InChI=1S/C11H12N2S2/c1-14-10-4-2-3-9(7-10)13-8-11-12-5-6-15-11/h2-7,13H,8H2,1H3. The number of aromatic nitrogens is 1. The molecule has 0 aliphatic carbocycles. The summed E-state index contributed by atoms with van der Waals surface area (Å²) in [7, 11) is 0. The minimum atomic E-state index is 0.801. The molecule has 0 fully saturated rings. The Morgan fingerprint density at radius 2 is 2.40 bits per heavy atom. The van der Waals surface area contributed by atoms with Crippen LogP contribution in [0.5, 0.6) is 0 Å². The summed E-state index contributed by atoms with van der Waals surface area (Å²) in [5.41, 5.74) is 1.15. The van der Waals surface area contributed by atoms with Gasteiger partial charge in [-0.2, -0.15) is 0 Å². The lowest BCUT2D eigenvalue weighted by atomic mass is 10.3. The first-order valence-corrected chi connectivity index (χ1v) is 6.75. The summed E-state index contributed by atoms with van der Waals surface area (Å²) in [5, 5.41) is 6.47. The van der Waals surface area contributed by atoms with E-state index in [0.717, 1.165) is 17.2 Å². The molecule has 2 rings (SSSR count). The summed E-state index contributed by atoms with van der Waals surface area (Å²) in [6.07, 6.45) is 3.92. The van der Waals surface area contributed by atoms with Crippen LogP contribution < -0.4 is 5.32 Å². The van der Waals surface area contributed by atoms with Crippen LogP contribution in [0.15, 0.2) is 40.7 Å². The van der Waals surface area contributed by atoms with Crippen LogP contribution in [-0.2, 0) is 6.54 Å². The maximum Gasteiger partial charge on any atom is 0.112 e. The van der Waals surface area contributed by atoms with E-state index in [9.17, 15) is 0 Å². The molecule has 2 nitrogen and oxygen atoms in total. The number of nitrogens with one attached hydrogen (secondary N) is 1. The first-order valence-electron chi connectivity index (χ1n) is 4.65. The molecule has 0 bridgehead atoms. The van der Waals surface area contributed by atoms with Crippen molar-refractivity contribution in [3.8, 4) is 0 Å². The fourth-order valence-electron chi connectivity index (χ4n) is 1.25. The molecule has 1 N–H and O–H groups in total. The Morgan fingerprint density at radius 3 is 3.13 bits per heavy atom. The topological polar surface area (TPSA) is 24.9 Å². The van der Waals surface area contributed by atoms with Gasteiger partial charge in [-0.3, -0.25) is 0 Å². The number of rotatable bonds is 4. The first-order chi connectivity index (χ1) is 7.38. The van der Waals surface area contributed by atoms with Crippen LogP contribution in [0.4, 0.5) is 5.69 Å². The molecule has 78 valence electrons. The third kappa shape index (κ3) is 2.97. The molecular formula is C11H12N2S2. The summed E-state index contributed by atoms with van der Waals surface area (Å²) in [5.74, 6) is 0. The molecule has 2 aromatic rings. The fourth-order valence-corrected chi connectivity index (χ4v) is 2.27. The quantitative estimate of drug-likeness (QED) is 0.823. The predicted molar refractivity (Wildman–Crippen MR) is 67.7 cm³/mol. The Labute approximate surface area is 97.8 Å².